The van der Waals surface area contributed by atoms with Gasteiger partial charge in [-0.25, -0.2) is 4.98 Å². The summed E-state index contributed by atoms with van der Waals surface area (Å²) in [4.78, 5) is 4.46. The summed E-state index contributed by atoms with van der Waals surface area (Å²) in [6, 6.07) is 0. The first kappa shape index (κ1) is 10.7. The zero-order valence-electron chi connectivity index (χ0n) is 9.75. The van der Waals surface area contributed by atoms with Crippen molar-refractivity contribution < 1.29 is 0 Å². The Hall–Kier alpha value is -1.85. The number of aryl methyl sites for hydroxylation is 1. The molecule has 0 aliphatic heterocycles. The van der Waals surface area contributed by atoms with E-state index in [4.69, 9.17) is 5.73 Å². The molecule has 0 aliphatic carbocycles. The number of nitrogens with two attached hydrogens (primary N) is 1. The smallest absolute Gasteiger partial charge is 0.153 e. The number of aromatic nitrogens is 5. The topological polar surface area (TPSA) is 74.6 Å². The summed E-state index contributed by atoms with van der Waals surface area (Å²) in [7, 11) is 1.89. The molecule has 0 radical (unpaired) electrons. The summed E-state index contributed by atoms with van der Waals surface area (Å²) >= 11 is 0. The van der Waals surface area contributed by atoms with Gasteiger partial charge >= 0.3 is 0 Å². The van der Waals surface area contributed by atoms with E-state index in [9.17, 15) is 0 Å². The lowest BCUT2D eigenvalue weighted by Gasteiger charge is -1.99. The molecular weight excluding hydrogens is 204 g/mol. The second kappa shape index (κ2) is 3.96. The SMILES string of the molecule is CC(C)c1nc(Cn2cc(N)cn2)n(C)n1. The molecule has 0 atom stereocenters. The fourth-order valence-corrected chi connectivity index (χ4v) is 1.43. The molecule has 2 aromatic heterocycles. The van der Waals surface area contributed by atoms with Crippen LogP contribution in [0.25, 0.3) is 0 Å². The fourth-order valence-electron chi connectivity index (χ4n) is 1.43. The molecule has 0 spiro atoms. The predicted octanol–water partition coefficient (Wildman–Crippen LogP) is 0.765. The average Bonchev–Trinajstić information content (AvgIpc) is 2.75. The third-order valence-electron chi connectivity index (χ3n) is 2.34. The number of hydrogen-bond donors (Lipinski definition) is 1. The van der Waals surface area contributed by atoms with E-state index < -0.39 is 0 Å². The zero-order chi connectivity index (χ0) is 11.7. The highest BCUT2D eigenvalue weighted by Crippen LogP contribution is 2.10. The lowest BCUT2D eigenvalue weighted by molar-refractivity contribution is 0.607. The second-order valence-electron chi connectivity index (χ2n) is 4.14. The van der Waals surface area contributed by atoms with Crippen molar-refractivity contribution in [1.29, 1.82) is 0 Å². The lowest BCUT2D eigenvalue weighted by Crippen LogP contribution is -2.07. The van der Waals surface area contributed by atoms with Crippen molar-refractivity contribution in [2.75, 3.05) is 5.73 Å². The first-order valence-corrected chi connectivity index (χ1v) is 5.24. The molecule has 0 saturated heterocycles. The Bertz CT molecular complexity index is 481. The van der Waals surface area contributed by atoms with Crippen LogP contribution < -0.4 is 5.73 Å². The molecule has 0 aromatic carbocycles. The molecule has 0 saturated carbocycles. The molecule has 6 nitrogen and oxygen atoms in total. The highest BCUT2D eigenvalue weighted by Gasteiger charge is 2.10. The van der Waals surface area contributed by atoms with E-state index in [-0.39, 0.29) is 0 Å². The van der Waals surface area contributed by atoms with Crippen LogP contribution in [0.15, 0.2) is 12.4 Å². The van der Waals surface area contributed by atoms with E-state index in [1.54, 1.807) is 21.8 Å². The first-order valence-electron chi connectivity index (χ1n) is 5.24. The van der Waals surface area contributed by atoms with E-state index >= 15 is 0 Å². The van der Waals surface area contributed by atoms with Crippen LogP contribution in [0.5, 0.6) is 0 Å². The summed E-state index contributed by atoms with van der Waals surface area (Å²) in [5, 5.41) is 8.46. The molecule has 2 aromatic rings. The Labute approximate surface area is 94.1 Å². The molecule has 0 unspecified atom stereocenters. The maximum absolute atomic E-state index is 5.60. The first-order chi connectivity index (χ1) is 7.56. The molecule has 0 aliphatic rings. The van der Waals surface area contributed by atoms with Crippen molar-refractivity contribution >= 4 is 5.69 Å². The number of hydrogen-bond acceptors (Lipinski definition) is 4. The number of nitrogens with zero attached hydrogens (tertiary/aromatic N) is 5. The zero-order valence-corrected chi connectivity index (χ0v) is 9.75. The van der Waals surface area contributed by atoms with Gasteiger partial charge in [0.15, 0.2) is 5.82 Å². The van der Waals surface area contributed by atoms with Crippen LogP contribution in [0.4, 0.5) is 5.69 Å². The van der Waals surface area contributed by atoms with E-state index in [1.165, 1.54) is 0 Å². The second-order valence-corrected chi connectivity index (χ2v) is 4.14. The largest absolute Gasteiger partial charge is 0.396 e. The summed E-state index contributed by atoms with van der Waals surface area (Å²) in [6.07, 6.45) is 3.41. The molecule has 16 heavy (non-hydrogen) atoms. The Morgan fingerprint density at radius 3 is 2.69 bits per heavy atom. The Balaban J connectivity index is 2.21. The molecule has 2 heterocycles. The molecule has 0 fully saturated rings. The summed E-state index contributed by atoms with van der Waals surface area (Å²) < 4.78 is 3.54. The fraction of sp³-hybridized carbons (Fsp3) is 0.500. The molecule has 6 heteroatoms. The van der Waals surface area contributed by atoms with E-state index in [2.05, 4.69) is 29.0 Å². The highest BCUT2D eigenvalue weighted by atomic mass is 15.4. The summed E-state index contributed by atoms with van der Waals surface area (Å²) in [6.45, 7) is 4.74. The minimum atomic E-state index is 0.336. The number of rotatable bonds is 3. The maximum atomic E-state index is 5.60. The van der Waals surface area contributed by atoms with Crippen molar-refractivity contribution in [2.24, 2.45) is 7.05 Å². The van der Waals surface area contributed by atoms with Crippen LogP contribution in [0.2, 0.25) is 0 Å². The van der Waals surface area contributed by atoms with Gasteiger partial charge in [-0.15, -0.1) is 0 Å². The van der Waals surface area contributed by atoms with Crippen LogP contribution in [-0.4, -0.2) is 24.5 Å². The number of nitrogen functional groups attached to an aromatic ring is 1. The Morgan fingerprint density at radius 1 is 1.44 bits per heavy atom. The molecule has 2 rings (SSSR count). The van der Waals surface area contributed by atoms with Gasteiger partial charge in [-0.2, -0.15) is 10.2 Å². The number of anilines is 1. The van der Waals surface area contributed by atoms with Crippen LogP contribution in [0.3, 0.4) is 0 Å². The summed E-state index contributed by atoms with van der Waals surface area (Å²) in [5.41, 5.74) is 6.26. The van der Waals surface area contributed by atoms with Crippen molar-refractivity contribution in [1.82, 2.24) is 24.5 Å². The van der Waals surface area contributed by atoms with Gasteiger partial charge in [0.1, 0.15) is 12.4 Å². The highest BCUT2D eigenvalue weighted by molar-refractivity contribution is 5.30. The molecular formula is C10H16N6. The van der Waals surface area contributed by atoms with Gasteiger partial charge in [0, 0.05) is 19.2 Å². The minimum absolute atomic E-state index is 0.336. The molecule has 0 amide bonds. The van der Waals surface area contributed by atoms with Gasteiger partial charge in [-0.3, -0.25) is 9.36 Å². The van der Waals surface area contributed by atoms with Crippen molar-refractivity contribution in [3.05, 3.63) is 24.0 Å². The normalized spacial score (nSPS) is 11.2. The van der Waals surface area contributed by atoms with Crippen LogP contribution in [-0.2, 0) is 13.6 Å². The Morgan fingerprint density at radius 2 is 2.19 bits per heavy atom. The van der Waals surface area contributed by atoms with Gasteiger partial charge in [-0.1, -0.05) is 13.8 Å². The molecule has 86 valence electrons. The third-order valence-corrected chi connectivity index (χ3v) is 2.34. The van der Waals surface area contributed by atoms with Gasteiger partial charge in [0.05, 0.1) is 11.9 Å². The standard InChI is InChI=1S/C10H16N6/c1-7(2)10-13-9(15(3)14-10)6-16-5-8(11)4-12-16/h4-5,7H,6,11H2,1-3H3. The molecule has 2 N–H and O–H groups in total. The maximum Gasteiger partial charge on any atom is 0.153 e. The van der Waals surface area contributed by atoms with Crippen molar-refractivity contribution in [3.63, 3.8) is 0 Å². The van der Waals surface area contributed by atoms with Crippen LogP contribution in [0.1, 0.15) is 31.4 Å². The van der Waals surface area contributed by atoms with Gasteiger partial charge in [-0.05, 0) is 0 Å². The van der Waals surface area contributed by atoms with Crippen molar-refractivity contribution in [3.8, 4) is 0 Å². The lowest BCUT2D eigenvalue weighted by atomic mass is 10.2. The molecule has 0 bridgehead atoms. The third kappa shape index (κ3) is 2.05. The predicted molar refractivity (Wildman–Crippen MR) is 60.8 cm³/mol. The Kier molecular flexibility index (Phi) is 2.64. The quantitative estimate of drug-likeness (QED) is 0.828. The van der Waals surface area contributed by atoms with Gasteiger partial charge < -0.3 is 5.73 Å². The van der Waals surface area contributed by atoms with E-state index in [1.807, 2.05) is 7.05 Å². The summed E-state index contributed by atoms with van der Waals surface area (Å²) in [5.74, 6) is 2.08. The average molecular weight is 220 g/mol. The van der Waals surface area contributed by atoms with E-state index in [0.717, 1.165) is 11.6 Å². The van der Waals surface area contributed by atoms with Gasteiger partial charge in [0.25, 0.3) is 0 Å². The van der Waals surface area contributed by atoms with Crippen molar-refractivity contribution in [2.45, 2.75) is 26.3 Å². The minimum Gasteiger partial charge on any atom is -0.396 e. The van der Waals surface area contributed by atoms with Crippen LogP contribution >= 0.6 is 0 Å². The van der Waals surface area contributed by atoms with Crippen LogP contribution in [0, 0.1) is 0 Å². The van der Waals surface area contributed by atoms with Gasteiger partial charge in [0.2, 0.25) is 0 Å². The monoisotopic (exact) mass is 220 g/mol. The van der Waals surface area contributed by atoms with E-state index in [0.29, 0.717) is 18.2 Å².